The van der Waals surface area contributed by atoms with Crippen molar-refractivity contribution in [3.05, 3.63) is 24.3 Å². The van der Waals surface area contributed by atoms with Gasteiger partial charge in [0.25, 0.3) is 0 Å². The highest BCUT2D eigenvalue weighted by Gasteiger charge is 2.12. The van der Waals surface area contributed by atoms with Crippen molar-refractivity contribution >= 4 is 27.3 Å². The lowest BCUT2D eigenvalue weighted by Crippen LogP contribution is -2.07. The van der Waals surface area contributed by atoms with Gasteiger partial charge in [0.2, 0.25) is 0 Å². The molecule has 0 saturated heterocycles. The smallest absolute Gasteiger partial charge is 0.178 e. The van der Waals surface area contributed by atoms with Crippen LogP contribution >= 0.6 is 11.8 Å². The van der Waals surface area contributed by atoms with E-state index in [2.05, 4.69) is 11.6 Å². The Labute approximate surface area is 108 Å². The lowest BCUT2D eigenvalue weighted by atomic mass is 10.3. The molecule has 0 fully saturated rings. The predicted octanol–water partition coefficient (Wildman–Crippen LogP) is 2.65. The maximum absolute atomic E-state index is 11.8. The number of hydrogen-bond donors (Lipinski definition) is 1. The number of anilines is 1. The van der Waals surface area contributed by atoms with Crippen LogP contribution in [0.4, 0.5) is 5.69 Å². The zero-order valence-electron chi connectivity index (χ0n) is 10.3. The van der Waals surface area contributed by atoms with E-state index in [4.69, 9.17) is 0 Å². The zero-order chi connectivity index (χ0) is 12.7. The minimum Gasteiger partial charge on any atom is -0.384 e. The molecule has 0 spiro atoms. The molecule has 0 aliphatic heterocycles. The highest BCUT2D eigenvalue weighted by molar-refractivity contribution is 7.98. The number of rotatable bonds is 7. The summed E-state index contributed by atoms with van der Waals surface area (Å²) in [7, 11) is -3.08. The maximum Gasteiger partial charge on any atom is 0.178 e. The van der Waals surface area contributed by atoms with E-state index < -0.39 is 9.84 Å². The van der Waals surface area contributed by atoms with Crippen molar-refractivity contribution < 1.29 is 8.42 Å². The van der Waals surface area contributed by atoms with Crippen molar-refractivity contribution in [3.8, 4) is 0 Å². The summed E-state index contributed by atoms with van der Waals surface area (Å²) in [5.74, 6) is 1.25. The molecule has 0 saturated carbocycles. The number of hydrogen-bond acceptors (Lipinski definition) is 4. The molecule has 1 N–H and O–H groups in total. The Kier molecular flexibility index (Phi) is 5.85. The van der Waals surface area contributed by atoms with E-state index in [0.717, 1.165) is 18.0 Å². The molecule has 96 valence electrons. The minimum absolute atomic E-state index is 0.215. The van der Waals surface area contributed by atoms with Crippen LogP contribution in [-0.4, -0.2) is 32.7 Å². The summed E-state index contributed by atoms with van der Waals surface area (Å²) in [6, 6.07) is 6.99. The summed E-state index contributed by atoms with van der Waals surface area (Å²) in [5, 5.41) is 3.24. The van der Waals surface area contributed by atoms with E-state index in [1.807, 2.05) is 19.1 Å². The summed E-state index contributed by atoms with van der Waals surface area (Å²) >= 11 is 1.78. The van der Waals surface area contributed by atoms with E-state index >= 15 is 0 Å². The number of sulfone groups is 1. The predicted molar refractivity (Wildman–Crippen MR) is 75.7 cm³/mol. The average Bonchev–Trinajstić information content (AvgIpc) is 2.30. The van der Waals surface area contributed by atoms with Gasteiger partial charge in [0, 0.05) is 18.0 Å². The molecule has 1 rings (SSSR count). The second-order valence-corrected chi connectivity index (χ2v) is 6.86. The molecule has 5 heteroatoms. The fourth-order valence-electron chi connectivity index (χ4n) is 1.46. The molecule has 0 bridgehead atoms. The van der Waals surface area contributed by atoms with Gasteiger partial charge < -0.3 is 5.32 Å². The summed E-state index contributed by atoms with van der Waals surface area (Å²) in [4.78, 5) is 0.412. The molecule has 0 unspecified atom stereocenters. The van der Waals surface area contributed by atoms with E-state index in [1.165, 1.54) is 0 Å². The van der Waals surface area contributed by atoms with Crippen LogP contribution in [0.5, 0.6) is 0 Å². The quantitative estimate of drug-likeness (QED) is 0.776. The van der Waals surface area contributed by atoms with Gasteiger partial charge in [-0.2, -0.15) is 11.8 Å². The van der Waals surface area contributed by atoms with Crippen LogP contribution in [0.3, 0.4) is 0 Å². The normalized spacial score (nSPS) is 11.4. The van der Waals surface area contributed by atoms with Crippen LogP contribution in [0.2, 0.25) is 0 Å². The van der Waals surface area contributed by atoms with E-state index in [0.29, 0.717) is 11.3 Å². The number of benzene rings is 1. The molecular formula is C12H19NO2S2. The molecule has 0 aromatic heterocycles. The third-order valence-electron chi connectivity index (χ3n) is 2.32. The van der Waals surface area contributed by atoms with Gasteiger partial charge in [-0.25, -0.2) is 8.42 Å². The molecular weight excluding hydrogens is 254 g/mol. The van der Waals surface area contributed by atoms with Crippen LogP contribution in [0.15, 0.2) is 29.2 Å². The Hall–Kier alpha value is -0.680. The fraction of sp³-hybridized carbons (Fsp3) is 0.500. The van der Waals surface area contributed by atoms with E-state index in [1.54, 1.807) is 23.9 Å². The first-order chi connectivity index (χ1) is 8.10. The minimum atomic E-state index is -3.08. The standard InChI is InChI=1S/C12H19NO2S2/c1-3-10-17(14,15)12-6-4-11(5-7-12)13-8-9-16-2/h4-7,13H,3,8-10H2,1-2H3. The van der Waals surface area contributed by atoms with Gasteiger partial charge in [-0.05, 0) is 36.9 Å². The van der Waals surface area contributed by atoms with Gasteiger partial charge in [-0.15, -0.1) is 0 Å². The van der Waals surface area contributed by atoms with Gasteiger partial charge in [-0.1, -0.05) is 6.92 Å². The molecule has 0 atom stereocenters. The van der Waals surface area contributed by atoms with Gasteiger partial charge in [0.1, 0.15) is 0 Å². The van der Waals surface area contributed by atoms with Crippen LogP contribution in [-0.2, 0) is 9.84 Å². The summed E-state index contributed by atoms with van der Waals surface area (Å²) in [5.41, 5.74) is 0.967. The summed E-state index contributed by atoms with van der Waals surface area (Å²) < 4.78 is 23.6. The van der Waals surface area contributed by atoms with Gasteiger partial charge in [-0.3, -0.25) is 0 Å². The number of nitrogens with one attached hydrogen (secondary N) is 1. The first-order valence-electron chi connectivity index (χ1n) is 5.66. The first kappa shape index (κ1) is 14.4. The van der Waals surface area contributed by atoms with Gasteiger partial charge in [0.05, 0.1) is 10.6 Å². The Morgan fingerprint density at radius 3 is 2.41 bits per heavy atom. The van der Waals surface area contributed by atoms with Crippen LogP contribution in [0.25, 0.3) is 0 Å². The van der Waals surface area contributed by atoms with Crippen molar-refractivity contribution in [2.45, 2.75) is 18.2 Å². The highest BCUT2D eigenvalue weighted by Crippen LogP contribution is 2.16. The van der Waals surface area contributed by atoms with Crippen molar-refractivity contribution in [2.24, 2.45) is 0 Å². The van der Waals surface area contributed by atoms with Crippen LogP contribution < -0.4 is 5.32 Å². The third-order valence-corrected chi connectivity index (χ3v) is 4.87. The molecule has 0 heterocycles. The van der Waals surface area contributed by atoms with Crippen molar-refractivity contribution in [3.63, 3.8) is 0 Å². The molecule has 1 aromatic carbocycles. The molecule has 0 aliphatic rings. The fourth-order valence-corrected chi connectivity index (χ4v) is 3.09. The Bertz CT molecular complexity index is 426. The van der Waals surface area contributed by atoms with E-state index in [-0.39, 0.29) is 5.75 Å². The highest BCUT2D eigenvalue weighted by atomic mass is 32.2. The molecule has 0 radical (unpaired) electrons. The molecule has 3 nitrogen and oxygen atoms in total. The first-order valence-corrected chi connectivity index (χ1v) is 8.70. The monoisotopic (exact) mass is 273 g/mol. The third kappa shape index (κ3) is 4.60. The Balaban J connectivity index is 2.68. The largest absolute Gasteiger partial charge is 0.384 e. The summed E-state index contributed by atoms with van der Waals surface area (Å²) in [6.45, 7) is 2.76. The number of thioether (sulfide) groups is 1. The lowest BCUT2D eigenvalue weighted by Gasteiger charge is -2.07. The van der Waals surface area contributed by atoms with Crippen LogP contribution in [0, 0.1) is 0 Å². The summed E-state index contributed by atoms with van der Waals surface area (Å²) in [6.07, 6.45) is 2.71. The van der Waals surface area contributed by atoms with Gasteiger partial charge >= 0.3 is 0 Å². The van der Waals surface area contributed by atoms with Gasteiger partial charge in [0.15, 0.2) is 9.84 Å². The lowest BCUT2D eigenvalue weighted by molar-refractivity contribution is 0.595. The molecule has 0 aliphatic carbocycles. The molecule has 17 heavy (non-hydrogen) atoms. The zero-order valence-corrected chi connectivity index (χ0v) is 11.9. The van der Waals surface area contributed by atoms with Crippen LogP contribution in [0.1, 0.15) is 13.3 Å². The van der Waals surface area contributed by atoms with Crippen molar-refractivity contribution in [1.29, 1.82) is 0 Å². The second-order valence-electron chi connectivity index (χ2n) is 3.76. The maximum atomic E-state index is 11.8. The Morgan fingerprint density at radius 1 is 1.24 bits per heavy atom. The van der Waals surface area contributed by atoms with Crippen molar-refractivity contribution in [1.82, 2.24) is 0 Å². The Morgan fingerprint density at radius 2 is 1.88 bits per heavy atom. The SMILES string of the molecule is CCCS(=O)(=O)c1ccc(NCCSC)cc1. The molecule has 0 amide bonds. The second kappa shape index (κ2) is 6.91. The molecule has 1 aromatic rings. The average molecular weight is 273 g/mol. The van der Waals surface area contributed by atoms with E-state index in [9.17, 15) is 8.42 Å². The topological polar surface area (TPSA) is 46.2 Å². The van der Waals surface area contributed by atoms with Crippen molar-refractivity contribution in [2.75, 3.05) is 29.6 Å².